The lowest BCUT2D eigenvalue weighted by Crippen LogP contribution is -2.52. The number of allylic oxidation sites excluding steroid dienone is 1. The van der Waals surface area contributed by atoms with Crippen molar-refractivity contribution in [1.82, 2.24) is 24.5 Å². The molecule has 4 heterocycles. The number of nitrogens with zero attached hydrogens (tertiary/aromatic N) is 8. The molecule has 3 saturated heterocycles. The molecule has 3 fully saturated rings. The first-order valence-electron chi connectivity index (χ1n) is 21.1. The van der Waals surface area contributed by atoms with Crippen LogP contribution in [0.4, 0.5) is 33.0 Å². The molecular formula is C43H58FN13O6S. The standard InChI is InChI=1S/C43H58FN13O6S/c1-28(2)63-40-38(30(18-45)19-46)49-26-50-41(40)52-42(47)51-34-11-10-32(17-33(34)44)64(61,62)57-16-14-43(25-57)13-15-55(24-43)20-29-21-56(22-29)36-8-6-7-35(39(36)53(4)27-59)54(5)31(23-58)9-12-37(60)48-3/h6-8,10-11,17-19,23,26-29,31,45H,9,12-16,20-22,24-25,46H2,1-5H3,(H,48,60)(H3,47,49,50,51,52)/b30-19+,45-18?. The number of likely N-dealkylation sites (tertiary alicyclic amines) is 1. The van der Waals surface area contributed by atoms with Crippen LogP contribution in [0.25, 0.3) is 5.57 Å². The number of aldehydes is 1. The van der Waals surface area contributed by atoms with E-state index in [1.807, 2.05) is 23.1 Å². The molecule has 7 N–H and O–H groups in total. The van der Waals surface area contributed by atoms with Gasteiger partial charge < -0.3 is 56.6 Å². The van der Waals surface area contributed by atoms with E-state index in [9.17, 15) is 22.8 Å². The van der Waals surface area contributed by atoms with Gasteiger partial charge in [-0.25, -0.2) is 22.8 Å². The molecule has 3 aromatic rings. The number of carbonyl (C=O) groups excluding carboxylic acids is 3. The van der Waals surface area contributed by atoms with E-state index in [2.05, 4.69) is 35.4 Å². The minimum atomic E-state index is -4.02. The number of aliphatic imine (C=N–C) groups is 1. The number of nitrogens with one attached hydrogen (secondary N) is 3. The fraction of sp³-hybridized carbons (Fsp3) is 0.465. The number of halogens is 1. The summed E-state index contributed by atoms with van der Waals surface area (Å²) in [6.45, 7) is 8.15. The predicted molar refractivity (Wildman–Crippen MR) is 245 cm³/mol. The monoisotopic (exact) mass is 903 g/mol. The number of hydrogen-bond donors (Lipinski definition) is 5. The fourth-order valence-corrected chi connectivity index (χ4v) is 10.2. The normalized spacial score (nSPS) is 19.1. The average Bonchev–Trinajstić information content (AvgIpc) is 3.88. The van der Waals surface area contributed by atoms with Crippen molar-refractivity contribution in [2.45, 2.75) is 56.6 Å². The van der Waals surface area contributed by atoms with Gasteiger partial charge in [-0.15, -0.1) is 0 Å². The predicted octanol–water partition coefficient (Wildman–Crippen LogP) is 2.76. The molecule has 0 bridgehead atoms. The van der Waals surface area contributed by atoms with Crippen LogP contribution in [0, 0.1) is 22.6 Å². The Balaban J connectivity index is 1.06. The van der Waals surface area contributed by atoms with Gasteiger partial charge in [-0.2, -0.15) is 9.30 Å². The molecule has 1 aromatic heterocycles. The highest BCUT2D eigenvalue weighted by molar-refractivity contribution is 7.89. The Labute approximate surface area is 373 Å². The van der Waals surface area contributed by atoms with Crippen molar-refractivity contribution < 1.29 is 31.9 Å². The molecule has 0 aliphatic carbocycles. The number of rotatable bonds is 19. The third kappa shape index (κ3) is 10.3. The molecule has 2 atom stereocenters. The van der Waals surface area contributed by atoms with Crippen LogP contribution in [-0.4, -0.2) is 137 Å². The number of guanidine groups is 1. The number of ether oxygens (including phenoxy) is 1. The van der Waals surface area contributed by atoms with Crippen LogP contribution in [0.1, 0.15) is 45.2 Å². The summed E-state index contributed by atoms with van der Waals surface area (Å²) in [5.74, 6) is -0.774. The van der Waals surface area contributed by atoms with Crippen molar-refractivity contribution in [3.8, 4) is 5.75 Å². The van der Waals surface area contributed by atoms with Crippen molar-refractivity contribution in [3.63, 3.8) is 0 Å². The molecule has 6 rings (SSSR count). The van der Waals surface area contributed by atoms with Crippen molar-refractivity contribution in [2.24, 2.45) is 27.8 Å². The van der Waals surface area contributed by atoms with Crippen molar-refractivity contribution in [3.05, 3.63) is 60.4 Å². The Hall–Kier alpha value is -6.19. The molecule has 21 heteroatoms. The molecule has 2 aromatic carbocycles. The Morgan fingerprint density at radius 3 is 2.55 bits per heavy atom. The lowest BCUT2D eigenvalue weighted by atomic mass is 9.86. The van der Waals surface area contributed by atoms with Crippen LogP contribution >= 0.6 is 0 Å². The number of anilines is 4. The maximum absolute atomic E-state index is 15.6. The van der Waals surface area contributed by atoms with E-state index in [1.54, 1.807) is 35.0 Å². The van der Waals surface area contributed by atoms with Crippen molar-refractivity contribution in [2.75, 3.05) is 87.0 Å². The maximum Gasteiger partial charge on any atom is 0.243 e. The minimum Gasteiger partial charge on any atom is -0.485 e. The van der Waals surface area contributed by atoms with E-state index in [0.717, 1.165) is 69.8 Å². The molecule has 0 saturated carbocycles. The summed E-state index contributed by atoms with van der Waals surface area (Å²) < 4.78 is 50.7. The largest absolute Gasteiger partial charge is 0.485 e. The van der Waals surface area contributed by atoms with Gasteiger partial charge in [0.1, 0.15) is 24.1 Å². The molecular weight excluding hydrogens is 846 g/mol. The first kappa shape index (κ1) is 47.3. The van der Waals surface area contributed by atoms with Crippen LogP contribution in [0.2, 0.25) is 0 Å². The Bertz CT molecular complexity index is 2400. The van der Waals surface area contributed by atoms with Crippen LogP contribution in [-0.2, 0) is 24.4 Å². The quantitative estimate of drug-likeness (QED) is 0.0660. The summed E-state index contributed by atoms with van der Waals surface area (Å²) in [6.07, 6.45) is 6.71. The van der Waals surface area contributed by atoms with Gasteiger partial charge in [0.2, 0.25) is 28.2 Å². The second-order valence-electron chi connectivity index (χ2n) is 16.8. The molecule has 3 aliphatic rings. The number of hydrogen-bond acceptors (Lipinski definition) is 14. The second-order valence-corrected chi connectivity index (χ2v) is 18.7. The third-order valence-corrected chi connectivity index (χ3v) is 13.9. The van der Waals surface area contributed by atoms with E-state index in [4.69, 9.17) is 21.6 Å². The van der Waals surface area contributed by atoms with Gasteiger partial charge in [0.25, 0.3) is 0 Å². The lowest BCUT2D eigenvalue weighted by Gasteiger charge is -2.44. The smallest absolute Gasteiger partial charge is 0.243 e. The molecule has 344 valence electrons. The summed E-state index contributed by atoms with van der Waals surface area (Å²) >= 11 is 0. The number of benzene rings is 2. The van der Waals surface area contributed by atoms with Gasteiger partial charge in [-0.05, 0) is 75.4 Å². The lowest BCUT2D eigenvalue weighted by molar-refractivity contribution is -0.120. The highest BCUT2D eigenvalue weighted by Crippen LogP contribution is 2.44. The van der Waals surface area contributed by atoms with Gasteiger partial charge in [0, 0.05) is 90.7 Å². The molecule has 3 aliphatic heterocycles. The zero-order valence-electron chi connectivity index (χ0n) is 36.8. The minimum absolute atomic E-state index is 0.0127. The van der Waals surface area contributed by atoms with E-state index in [0.29, 0.717) is 43.2 Å². The van der Waals surface area contributed by atoms with E-state index in [-0.39, 0.29) is 63.2 Å². The van der Waals surface area contributed by atoms with Crippen LogP contribution in [0.5, 0.6) is 5.75 Å². The summed E-state index contributed by atoms with van der Waals surface area (Å²) in [4.78, 5) is 56.5. The zero-order valence-corrected chi connectivity index (χ0v) is 37.6. The zero-order chi connectivity index (χ0) is 46.3. The number of para-hydroxylation sites is 1. The van der Waals surface area contributed by atoms with E-state index in [1.165, 1.54) is 33.9 Å². The highest BCUT2D eigenvalue weighted by Gasteiger charge is 2.47. The average molecular weight is 904 g/mol. The third-order valence-electron chi connectivity index (χ3n) is 12.0. The van der Waals surface area contributed by atoms with Gasteiger partial charge in [0.05, 0.1) is 39.8 Å². The number of nitrogens with two attached hydrogens (primary N) is 2. The summed E-state index contributed by atoms with van der Waals surface area (Å²) in [6, 6.07) is 8.78. The number of carbonyl (C=O) groups is 3. The molecule has 2 amide bonds. The van der Waals surface area contributed by atoms with Crippen LogP contribution in [0.3, 0.4) is 0 Å². The second kappa shape index (κ2) is 20.1. The SMILES string of the molecule is CNC(=O)CCC(C=O)N(C)c1cccc(N2CC(CN3CCC4(CCN(S(=O)(=O)c5ccc(NC(N)=Nc6ncnc(/C(C=N)=C/N)c6OC(C)C)c(F)c5)C4)C3)C2)c1N(C)C=O. The number of sulfonamides is 1. The first-order valence-corrected chi connectivity index (χ1v) is 22.5. The number of likely N-dealkylation sites (N-methyl/N-ethyl adjacent to an activating group) is 1. The molecule has 2 unspecified atom stereocenters. The van der Waals surface area contributed by atoms with Gasteiger partial charge in [-0.1, -0.05) is 6.07 Å². The highest BCUT2D eigenvalue weighted by atomic mass is 32.2. The van der Waals surface area contributed by atoms with E-state index < -0.39 is 21.9 Å². The molecule has 0 radical (unpaired) electrons. The fourth-order valence-electron chi connectivity index (χ4n) is 8.65. The Morgan fingerprint density at radius 1 is 1.14 bits per heavy atom. The van der Waals surface area contributed by atoms with Gasteiger partial charge in [0.15, 0.2) is 11.7 Å². The molecule has 1 spiro atoms. The summed E-state index contributed by atoms with van der Waals surface area (Å²) in [5.41, 5.74) is 14.2. The van der Waals surface area contributed by atoms with Gasteiger partial charge in [-0.3, -0.25) is 9.59 Å². The molecule has 19 nitrogen and oxygen atoms in total. The van der Waals surface area contributed by atoms with Crippen molar-refractivity contribution >= 4 is 74.9 Å². The Morgan fingerprint density at radius 2 is 1.89 bits per heavy atom. The van der Waals surface area contributed by atoms with Gasteiger partial charge >= 0.3 is 0 Å². The number of aromatic nitrogens is 2. The summed E-state index contributed by atoms with van der Waals surface area (Å²) in [5, 5.41) is 12.9. The maximum atomic E-state index is 15.6. The van der Waals surface area contributed by atoms with Crippen LogP contribution < -0.4 is 41.5 Å². The van der Waals surface area contributed by atoms with E-state index >= 15 is 4.39 Å². The Kier molecular flexibility index (Phi) is 14.9. The summed E-state index contributed by atoms with van der Waals surface area (Å²) in [7, 11) is 1.01. The van der Waals surface area contributed by atoms with Crippen molar-refractivity contribution in [1.29, 1.82) is 5.41 Å². The van der Waals surface area contributed by atoms with Crippen LogP contribution in [0.15, 0.2) is 58.8 Å². The topological polar surface area (TPSA) is 249 Å². The first-order chi connectivity index (χ1) is 30.6. The molecule has 64 heavy (non-hydrogen) atoms. The number of amides is 2.